The summed E-state index contributed by atoms with van der Waals surface area (Å²) in [6.07, 6.45) is -1.09. The molecule has 2 aromatic rings. The lowest BCUT2D eigenvalue weighted by Gasteiger charge is -2.17. The molecule has 1 unspecified atom stereocenters. The van der Waals surface area contributed by atoms with E-state index in [0.717, 1.165) is 17.7 Å². The van der Waals surface area contributed by atoms with Crippen molar-refractivity contribution < 1.29 is 31.1 Å². The zero-order valence-electron chi connectivity index (χ0n) is 13.0. The predicted molar refractivity (Wildman–Crippen MR) is 84.3 cm³/mol. The molecule has 0 spiro atoms. The number of sulfone groups is 1. The van der Waals surface area contributed by atoms with Gasteiger partial charge in [-0.15, -0.1) is 0 Å². The molecule has 0 aliphatic rings. The molecule has 0 aliphatic heterocycles. The van der Waals surface area contributed by atoms with Gasteiger partial charge in [0.25, 0.3) is 9.84 Å². The Kier molecular flexibility index (Phi) is 5.38. The van der Waals surface area contributed by atoms with Crippen LogP contribution in [0.3, 0.4) is 0 Å². The summed E-state index contributed by atoms with van der Waals surface area (Å²) < 4.78 is 74.7. The maximum absolute atomic E-state index is 13.3. The monoisotopic (exact) mass is 377 g/mol. The normalized spacial score (nSPS) is 13.5. The fourth-order valence-electron chi connectivity index (χ4n) is 2.10. The van der Waals surface area contributed by atoms with Gasteiger partial charge in [-0.3, -0.25) is 0 Å². The summed E-state index contributed by atoms with van der Waals surface area (Å²) in [6, 6.07) is 8.78. The number of alkyl halides is 3. The number of halogens is 4. The van der Waals surface area contributed by atoms with Gasteiger partial charge in [0, 0.05) is 6.54 Å². The number of hydrogen-bond acceptors (Lipinski definition) is 4. The van der Waals surface area contributed by atoms with Crippen molar-refractivity contribution in [3.8, 4) is 0 Å². The summed E-state index contributed by atoms with van der Waals surface area (Å²) in [5, 5.41) is 12.5. The van der Waals surface area contributed by atoms with E-state index in [1.807, 2.05) is 6.92 Å². The molecule has 25 heavy (non-hydrogen) atoms. The molecule has 9 heteroatoms. The Hall–Kier alpha value is -2.13. The van der Waals surface area contributed by atoms with Gasteiger partial charge in [-0.2, -0.15) is 13.2 Å². The summed E-state index contributed by atoms with van der Waals surface area (Å²) in [6.45, 7) is 1.59. The largest absolute Gasteiger partial charge is 0.501 e. The van der Waals surface area contributed by atoms with Gasteiger partial charge in [0.1, 0.15) is 10.7 Å². The van der Waals surface area contributed by atoms with Crippen molar-refractivity contribution in [2.24, 2.45) is 0 Å². The summed E-state index contributed by atoms with van der Waals surface area (Å²) in [4.78, 5) is -1.23. The quantitative estimate of drug-likeness (QED) is 0.782. The van der Waals surface area contributed by atoms with E-state index >= 15 is 0 Å². The molecule has 2 aromatic carbocycles. The third kappa shape index (κ3) is 4.29. The second kappa shape index (κ2) is 7.01. The van der Waals surface area contributed by atoms with Crippen LogP contribution in [0, 0.1) is 12.7 Å². The Morgan fingerprint density at radius 2 is 1.72 bits per heavy atom. The molecular weight excluding hydrogens is 362 g/mol. The fourth-order valence-corrected chi connectivity index (χ4v) is 3.05. The standard InChI is InChI=1S/C16H15F4NO3S/c1-10-2-4-11(5-3-10)14(22)9-21-13-7-6-12(17)8-15(13)25(23,24)16(18,19)20/h2-8,14,21-22H,9H2,1H3. The molecule has 0 amide bonds. The highest BCUT2D eigenvalue weighted by molar-refractivity contribution is 7.92. The lowest BCUT2D eigenvalue weighted by atomic mass is 10.1. The van der Waals surface area contributed by atoms with Crippen LogP contribution in [0.1, 0.15) is 17.2 Å². The number of nitrogens with one attached hydrogen (secondary N) is 1. The summed E-state index contributed by atoms with van der Waals surface area (Å²) in [5.41, 5.74) is -4.54. The van der Waals surface area contributed by atoms with E-state index < -0.39 is 37.8 Å². The number of benzene rings is 2. The predicted octanol–water partition coefficient (Wildman–Crippen LogP) is 3.57. The van der Waals surface area contributed by atoms with Crippen LogP contribution in [-0.4, -0.2) is 25.6 Å². The minimum atomic E-state index is -5.73. The van der Waals surface area contributed by atoms with Gasteiger partial charge in [-0.05, 0) is 30.7 Å². The van der Waals surface area contributed by atoms with Crippen molar-refractivity contribution in [2.75, 3.05) is 11.9 Å². The molecule has 0 fully saturated rings. The highest BCUT2D eigenvalue weighted by Crippen LogP contribution is 2.35. The van der Waals surface area contributed by atoms with Crippen LogP contribution in [0.25, 0.3) is 0 Å². The van der Waals surface area contributed by atoms with E-state index in [0.29, 0.717) is 11.6 Å². The van der Waals surface area contributed by atoms with Gasteiger partial charge >= 0.3 is 5.51 Å². The van der Waals surface area contributed by atoms with E-state index in [2.05, 4.69) is 5.32 Å². The zero-order valence-corrected chi connectivity index (χ0v) is 13.8. The summed E-state index contributed by atoms with van der Waals surface area (Å²) in [5.74, 6) is -1.12. The van der Waals surface area contributed by atoms with E-state index in [1.54, 1.807) is 24.3 Å². The number of aryl methyl sites for hydroxylation is 1. The second-order valence-electron chi connectivity index (χ2n) is 5.40. The summed E-state index contributed by atoms with van der Waals surface area (Å²) >= 11 is 0. The number of hydrogen-bond donors (Lipinski definition) is 2. The van der Waals surface area contributed by atoms with Crippen molar-refractivity contribution >= 4 is 15.5 Å². The lowest BCUT2D eigenvalue weighted by molar-refractivity contribution is -0.0435. The Bertz CT molecular complexity index is 849. The average molecular weight is 377 g/mol. The average Bonchev–Trinajstić information content (AvgIpc) is 2.53. The minimum absolute atomic E-state index is 0.255. The van der Waals surface area contributed by atoms with Gasteiger partial charge in [0.15, 0.2) is 0 Å². The maximum atomic E-state index is 13.3. The molecule has 0 heterocycles. The van der Waals surface area contributed by atoms with Crippen molar-refractivity contribution in [3.05, 3.63) is 59.4 Å². The van der Waals surface area contributed by atoms with Gasteiger partial charge < -0.3 is 10.4 Å². The SMILES string of the molecule is Cc1ccc(C(O)CNc2ccc(F)cc2S(=O)(=O)C(F)(F)F)cc1. The molecule has 0 saturated heterocycles. The van der Waals surface area contributed by atoms with Crippen LogP contribution in [0.5, 0.6) is 0 Å². The molecular formula is C16H15F4NO3S. The molecule has 0 saturated carbocycles. The van der Waals surface area contributed by atoms with Gasteiger partial charge in [0.2, 0.25) is 0 Å². The number of aliphatic hydroxyl groups is 1. The maximum Gasteiger partial charge on any atom is 0.501 e. The van der Waals surface area contributed by atoms with Gasteiger partial charge in [0.05, 0.1) is 11.8 Å². The first kappa shape index (κ1) is 19.2. The molecule has 2 N–H and O–H groups in total. The van der Waals surface area contributed by atoms with Crippen molar-refractivity contribution in [3.63, 3.8) is 0 Å². The second-order valence-corrected chi connectivity index (χ2v) is 7.31. The van der Waals surface area contributed by atoms with Crippen LogP contribution in [0.2, 0.25) is 0 Å². The van der Waals surface area contributed by atoms with Crippen LogP contribution in [-0.2, 0) is 9.84 Å². The first-order valence-corrected chi connectivity index (χ1v) is 8.60. The van der Waals surface area contributed by atoms with Crippen molar-refractivity contribution in [2.45, 2.75) is 23.4 Å². The van der Waals surface area contributed by atoms with E-state index in [9.17, 15) is 31.1 Å². The van der Waals surface area contributed by atoms with E-state index in [1.165, 1.54) is 0 Å². The van der Waals surface area contributed by atoms with Crippen molar-refractivity contribution in [1.29, 1.82) is 0 Å². The Labute approximate surface area is 142 Å². The van der Waals surface area contributed by atoms with Crippen LogP contribution < -0.4 is 5.32 Å². The minimum Gasteiger partial charge on any atom is -0.387 e. The molecule has 1 atom stereocenters. The zero-order chi connectivity index (χ0) is 18.8. The van der Waals surface area contributed by atoms with Crippen molar-refractivity contribution in [1.82, 2.24) is 0 Å². The molecule has 4 nitrogen and oxygen atoms in total. The number of rotatable bonds is 5. The molecule has 0 bridgehead atoms. The van der Waals surface area contributed by atoms with E-state index in [-0.39, 0.29) is 6.54 Å². The molecule has 0 aliphatic carbocycles. The van der Waals surface area contributed by atoms with Gasteiger partial charge in [-0.1, -0.05) is 29.8 Å². The Morgan fingerprint density at radius 3 is 2.28 bits per heavy atom. The lowest BCUT2D eigenvalue weighted by Crippen LogP contribution is -2.25. The molecule has 0 aromatic heterocycles. The van der Waals surface area contributed by atoms with Crippen LogP contribution >= 0.6 is 0 Å². The third-order valence-corrected chi connectivity index (χ3v) is 5.01. The molecule has 136 valence electrons. The molecule has 0 radical (unpaired) electrons. The number of aliphatic hydroxyl groups excluding tert-OH is 1. The Morgan fingerprint density at radius 1 is 1.12 bits per heavy atom. The molecule has 2 rings (SSSR count). The highest BCUT2D eigenvalue weighted by atomic mass is 32.2. The fraction of sp³-hybridized carbons (Fsp3) is 0.250. The first-order chi connectivity index (χ1) is 11.5. The Balaban J connectivity index is 2.27. The summed E-state index contributed by atoms with van der Waals surface area (Å²) in [7, 11) is -5.73. The third-order valence-electron chi connectivity index (χ3n) is 3.49. The smallest absolute Gasteiger partial charge is 0.387 e. The van der Waals surface area contributed by atoms with Crippen LogP contribution in [0.15, 0.2) is 47.4 Å². The number of anilines is 1. The van der Waals surface area contributed by atoms with Gasteiger partial charge in [-0.25, -0.2) is 12.8 Å². The van der Waals surface area contributed by atoms with Crippen LogP contribution in [0.4, 0.5) is 23.2 Å². The van der Waals surface area contributed by atoms with E-state index in [4.69, 9.17) is 0 Å². The topological polar surface area (TPSA) is 66.4 Å². The first-order valence-electron chi connectivity index (χ1n) is 7.12. The highest BCUT2D eigenvalue weighted by Gasteiger charge is 2.48.